The highest BCUT2D eigenvalue weighted by Crippen LogP contribution is 2.62. The lowest BCUT2D eigenvalue weighted by Gasteiger charge is -2.45. The van der Waals surface area contributed by atoms with Crippen LogP contribution in [-0.2, 0) is 21.5 Å². The van der Waals surface area contributed by atoms with Gasteiger partial charge in [0.2, 0.25) is 0 Å². The molecule has 5 heteroatoms. The van der Waals surface area contributed by atoms with Crippen molar-refractivity contribution in [3.05, 3.63) is 34.9 Å². The van der Waals surface area contributed by atoms with Crippen LogP contribution in [0, 0.1) is 23.2 Å². The summed E-state index contributed by atoms with van der Waals surface area (Å²) in [5.41, 5.74) is 8.47. The summed E-state index contributed by atoms with van der Waals surface area (Å²) in [5.74, 6) is 7.67. The maximum absolute atomic E-state index is 14.0. The molecule has 158 valence electrons. The number of guanidine groups is 1. The van der Waals surface area contributed by atoms with Crippen molar-refractivity contribution in [2.24, 2.45) is 22.1 Å². The van der Waals surface area contributed by atoms with E-state index in [1.54, 1.807) is 12.0 Å². The molecule has 0 aromatic heterocycles. The quantitative estimate of drug-likeness (QED) is 0.784. The van der Waals surface area contributed by atoms with E-state index in [-0.39, 0.29) is 17.4 Å². The van der Waals surface area contributed by atoms with Crippen LogP contribution in [0.3, 0.4) is 0 Å². The summed E-state index contributed by atoms with van der Waals surface area (Å²) in [6.45, 7) is 2.68. The topological polar surface area (TPSA) is 67.9 Å². The molecule has 3 aliphatic carbocycles. The number of amides is 1. The molecular weight excluding hydrogens is 374 g/mol. The van der Waals surface area contributed by atoms with E-state index in [1.807, 2.05) is 0 Å². The van der Waals surface area contributed by atoms with Crippen molar-refractivity contribution in [3.63, 3.8) is 0 Å². The highest BCUT2D eigenvalue weighted by molar-refractivity contribution is 6.08. The van der Waals surface area contributed by atoms with E-state index in [0.717, 1.165) is 49.7 Å². The van der Waals surface area contributed by atoms with E-state index in [0.29, 0.717) is 18.4 Å². The first-order valence-electron chi connectivity index (χ1n) is 11.4. The molecule has 4 aliphatic rings. The molecule has 1 atom stereocenters. The number of ether oxygens (including phenoxy) is 1. The van der Waals surface area contributed by atoms with E-state index in [4.69, 9.17) is 15.5 Å². The first-order valence-corrected chi connectivity index (χ1v) is 11.4. The van der Waals surface area contributed by atoms with Crippen LogP contribution in [0.2, 0.25) is 0 Å². The normalized spacial score (nSPS) is 32.3. The molecule has 2 saturated carbocycles. The van der Waals surface area contributed by atoms with Gasteiger partial charge in [-0.1, -0.05) is 24.8 Å². The van der Waals surface area contributed by atoms with Gasteiger partial charge in [0.1, 0.15) is 0 Å². The zero-order chi connectivity index (χ0) is 20.9. The lowest BCUT2D eigenvalue weighted by atomic mass is 9.61. The SMILES string of the molecule is CCCN1C(=O)C2(N=C1N)c1cc(C#CC3CC3)ccc1CC21CCC(OC)CC1. The van der Waals surface area contributed by atoms with Gasteiger partial charge in [-0.05, 0) is 74.6 Å². The number of nitrogens with zero attached hydrogens (tertiary/aromatic N) is 2. The molecule has 0 saturated heterocycles. The Balaban J connectivity index is 1.62. The van der Waals surface area contributed by atoms with Crippen LogP contribution in [0.4, 0.5) is 0 Å². The minimum atomic E-state index is -0.905. The van der Waals surface area contributed by atoms with Crippen LogP contribution in [0.25, 0.3) is 0 Å². The van der Waals surface area contributed by atoms with Crippen molar-refractivity contribution in [2.45, 2.75) is 69.9 Å². The monoisotopic (exact) mass is 405 g/mol. The van der Waals surface area contributed by atoms with Crippen molar-refractivity contribution in [3.8, 4) is 11.8 Å². The zero-order valence-electron chi connectivity index (χ0n) is 18.0. The Kier molecular flexibility index (Phi) is 4.67. The Morgan fingerprint density at radius 2 is 2.03 bits per heavy atom. The van der Waals surface area contributed by atoms with Gasteiger partial charge in [-0.3, -0.25) is 9.69 Å². The average Bonchev–Trinajstić information content (AvgIpc) is 3.51. The molecule has 5 nitrogen and oxygen atoms in total. The van der Waals surface area contributed by atoms with Gasteiger partial charge in [-0.25, -0.2) is 4.99 Å². The van der Waals surface area contributed by atoms with E-state index in [1.165, 1.54) is 18.4 Å². The molecule has 0 bridgehead atoms. The second kappa shape index (κ2) is 7.13. The van der Waals surface area contributed by atoms with Crippen molar-refractivity contribution in [2.75, 3.05) is 13.7 Å². The molecular formula is C25H31N3O2. The van der Waals surface area contributed by atoms with E-state index in [2.05, 4.69) is 37.0 Å². The van der Waals surface area contributed by atoms with Gasteiger partial charge < -0.3 is 10.5 Å². The molecule has 2 fully saturated rings. The lowest BCUT2D eigenvalue weighted by Crippen LogP contribution is -2.52. The first kappa shape index (κ1) is 19.6. The Labute approximate surface area is 179 Å². The van der Waals surface area contributed by atoms with Crippen LogP contribution in [-0.4, -0.2) is 36.5 Å². The fourth-order valence-corrected chi connectivity index (χ4v) is 5.79. The Hall–Kier alpha value is -2.32. The minimum absolute atomic E-state index is 0.0590. The standard InChI is InChI=1S/C25H31N3O2/c1-3-14-28-22(29)25(27-23(28)26)21-15-18(7-6-17-4-5-17)8-9-19(21)16-24(25)12-10-20(30-2)11-13-24/h8-9,15,17,20H,3-5,10-14,16H2,1-2H3,(H2,26,27). The highest BCUT2D eigenvalue weighted by Gasteiger charge is 2.66. The Morgan fingerprint density at radius 1 is 1.27 bits per heavy atom. The maximum Gasteiger partial charge on any atom is 0.262 e. The molecule has 2 N–H and O–H groups in total. The smallest absolute Gasteiger partial charge is 0.262 e. The number of benzene rings is 1. The fourth-order valence-electron chi connectivity index (χ4n) is 5.79. The van der Waals surface area contributed by atoms with E-state index in [9.17, 15) is 4.79 Å². The predicted molar refractivity (Wildman–Crippen MR) is 117 cm³/mol. The number of nitrogens with two attached hydrogens (primary N) is 1. The van der Waals surface area contributed by atoms with Crippen molar-refractivity contribution >= 4 is 11.9 Å². The van der Waals surface area contributed by atoms with Crippen LogP contribution in [0.1, 0.15) is 68.6 Å². The summed E-state index contributed by atoms with van der Waals surface area (Å²) in [4.78, 5) is 20.7. The molecule has 1 aromatic rings. The second-order valence-electron chi connectivity index (χ2n) is 9.44. The molecule has 30 heavy (non-hydrogen) atoms. The number of carbonyl (C=O) groups excluding carboxylic acids is 1. The molecule has 1 aromatic carbocycles. The fraction of sp³-hybridized carbons (Fsp3) is 0.600. The van der Waals surface area contributed by atoms with E-state index < -0.39 is 5.54 Å². The van der Waals surface area contributed by atoms with Gasteiger partial charge in [0.15, 0.2) is 11.5 Å². The van der Waals surface area contributed by atoms with E-state index >= 15 is 0 Å². The number of hydrogen-bond acceptors (Lipinski definition) is 4. The largest absolute Gasteiger partial charge is 0.381 e. The summed E-state index contributed by atoms with van der Waals surface area (Å²) in [5, 5.41) is 0. The molecule has 1 amide bonds. The second-order valence-corrected chi connectivity index (χ2v) is 9.44. The van der Waals surface area contributed by atoms with Crippen molar-refractivity contribution < 1.29 is 9.53 Å². The van der Waals surface area contributed by atoms with Gasteiger partial charge in [-0.15, -0.1) is 0 Å². The highest BCUT2D eigenvalue weighted by atomic mass is 16.5. The number of hydrogen-bond donors (Lipinski definition) is 1. The number of rotatable bonds is 3. The summed E-state index contributed by atoms with van der Waals surface area (Å²) >= 11 is 0. The third-order valence-electron chi connectivity index (χ3n) is 7.58. The molecule has 2 spiro atoms. The number of fused-ring (bicyclic) bond motifs is 3. The number of carbonyl (C=O) groups is 1. The molecule has 5 rings (SSSR count). The molecule has 0 radical (unpaired) electrons. The molecule has 1 heterocycles. The third-order valence-corrected chi connectivity index (χ3v) is 7.58. The summed E-state index contributed by atoms with van der Waals surface area (Å²) in [6.07, 6.45) is 8.16. The van der Waals surface area contributed by atoms with Gasteiger partial charge in [-0.2, -0.15) is 0 Å². The van der Waals surface area contributed by atoms with Gasteiger partial charge in [0.05, 0.1) is 6.10 Å². The Morgan fingerprint density at radius 3 is 2.70 bits per heavy atom. The number of aliphatic imine (C=N–C) groups is 1. The lowest BCUT2D eigenvalue weighted by molar-refractivity contribution is -0.138. The Bertz CT molecular complexity index is 960. The van der Waals surface area contributed by atoms with Crippen LogP contribution >= 0.6 is 0 Å². The van der Waals surface area contributed by atoms with Crippen LogP contribution < -0.4 is 5.73 Å². The summed E-state index contributed by atoms with van der Waals surface area (Å²) in [7, 11) is 1.78. The van der Waals surface area contributed by atoms with Crippen LogP contribution in [0.5, 0.6) is 0 Å². The maximum atomic E-state index is 14.0. The van der Waals surface area contributed by atoms with Crippen LogP contribution in [0.15, 0.2) is 23.2 Å². The van der Waals surface area contributed by atoms with Gasteiger partial charge in [0.25, 0.3) is 5.91 Å². The third kappa shape index (κ3) is 2.80. The number of methoxy groups -OCH3 is 1. The van der Waals surface area contributed by atoms with Gasteiger partial charge in [0, 0.05) is 30.6 Å². The van der Waals surface area contributed by atoms with Crippen molar-refractivity contribution in [1.82, 2.24) is 4.90 Å². The predicted octanol–water partition coefficient (Wildman–Crippen LogP) is 3.34. The average molecular weight is 406 g/mol. The summed E-state index contributed by atoms with van der Waals surface area (Å²) < 4.78 is 5.63. The van der Waals surface area contributed by atoms with Gasteiger partial charge >= 0.3 is 0 Å². The molecule has 1 unspecified atom stereocenters. The van der Waals surface area contributed by atoms with Crippen molar-refractivity contribution in [1.29, 1.82) is 0 Å². The minimum Gasteiger partial charge on any atom is -0.381 e. The molecule has 1 aliphatic heterocycles. The zero-order valence-corrected chi connectivity index (χ0v) is 18.0. The first-order chi connectivity index (χ1) is 14.5. The summed E-state index contributed by atoms with van der Waals surface area (Å²) in [6, 6.07) is 6.41.